The molecule has 0 saturated carbocycles. The lowest BCUT2D eigenvalue weighted by molar-refractivity contribution is 0.460. The molecule has 0 radical (unpaired) electrons. The second-order valence-corrected chi connectivity index (χ2v) is 6.71. The molecule has 5 nitrogen and oxygen atoms in total. The zero-order valence-corrected chi connectivity index (χ0v) is 10.7. The van der Waals surface area contributed by atoms with Crippen molar-refractivity contribution in [3.8, 4) is 0 Å². The predicted octanol–water partition coefficient (Wildman–Crippen LogP) is 0.452. The molecule has 1 aliphatic rings. The van der Waals surface area contributed by atoms with E-state index in [2.05, 4.69) is 15.3 Å². The molecule has 1 aromatic rings. The lowest BCUT2D eigenvalue weighted by atomic mass is 10.1. The molecule has 0 bridgehead atoms. The summed E-state index contributed by atoms with van der Waals surface area (Å²) in [7, 11) is -2.77. The van der Waals surface area contributed by atoms with E-state index in [1.807, 2.05) is 13.0 Å². The average molecular weight is 255 g/mol. The van der Waals surface area contributed by atoms with E-state index in [0.717, 1.165) is 11.5 Å². The van der Waals surface area contributed by atoms with Gasteiger partial charge in [-0.25, -0.2) is 18.4 Å². The molecule has 0 aliphatic carbocycles. The SMILES string of the molecule is Cc1nccc(CNC2CCS(=O)(=O)CC2)n1. The number of aromatic nitrogens is 2. The molecule has 94 valence electrons. The van der Waals surface area contributed by atoms with Crippen LogP contribution in [0.25, 0.3) is 0 Å². The summed E-state index contributed by atoms with van der Waals surface area (Å²) in [5.41, 5.74) is 0.950. The van der Waals surface area contributed by atoms with Crippen LogP contribution in [0.1, 0.15) is 24.4 Å². The van der Waals surface area contributed by atoms with Gasteiger partial charge >= 0.3 is 0 Å². The van der Waals surface area contributed by atoms with E-state index in [-0.39, 0.29) is 6.04 Å². The number of rotatable bonds is 3. The maximum atomic E-state index is 11.3. The van der Waals surface area contributed by atoms with Crippen molar-refractivity contribution in [3.63, 3.8) is 0 Å². The summed E-state index contributed by atoms with van der Waals surface area (Å²) in [5.74, 6) is 1.36. The van der Waals surface area contributed by atoms with Gasteiger partial charge in [0, 0.05) is 18.8 Å². The molecule has 0 atom stereocenters. The van der Waals surface area contributed by atoms with Crippen LogP contribution < -0.4 is 5.32 Å². The van der Waals surface area contributed by atoms with E-state index in [1.165, 1.54) is 0 Å². The molecule has 1 aliphatic heterocycles. The first-order valence-electron chi connectivity index (χ1n) is 5.77. The summed E-state index contributed by atoms with van der Waals surface area (Å²) < 4.78 is 22.5. The van der Waals surface area contributed by atoms with E-state index in [4.69, 9.17) is 0 Å². The molecule has 6 heteroatoms. The highest BCUT2D eigenvalue weighted by Crippen LogP contribution is 2.12. The number of hydrogen-bond acceptors (Lipinski definition) is 5. The normalized spacial score (nSPS) is 20.3. The molecule has 0 unspecified atom stereocenters. The summed E-state index contributed by atoms with van der Waals surface area (Å²) in [6.07, 6.45) is 3.14. The quantitative estimate of drug-likeness (QED) is 0.849. The summed E-state index contributed by atoms with van der Waals surface area (Å²) >= 11 is 0. The van der Waals surface area contributed by atoms with Crippen molar-refractivity contribution in [2.75, 3.05) is 11.5 Å². The van der Waals surface area contributed by atoms with Gasteiger partial charge in [-0.05, 0) is 25.8 Å². The fraction of sp³-hybridized carbons (Fsp3) is 0.636. The Morgan fingerprint density at radius 3 is 2.76 bits per heavy atom. The minimum absolute atomic E-state index is 0.286. The van der Waals surface area contributed by atoms with Crippen molar-refractivity contribution in [1.82, 2.24) is 15.3 Å². The van der Waals surface area contributed by atoms with Crippen LogP contribution in [0.5, 0.6) is 0 Å². The Hall–Kier alpha value is -1.01. The molecule has 2 heterocycles. The van der Waals surface area contributed by atoms with Gasteiger partial charge in [0.1, 0.15) is 15.7 Å². The number of hydrogen-bond donors (Lipinski definition) is 1. The Labute approximate surface area is 102 Å². The third kappa shape index (κ3) is 3.74. The van der Waals surface area contributed by atoms with Crippen LogP contribution in [-0.4, -0.2) is 35.9 Å². The summed E-state index contributed by atoms with van der Waals surface area (Å²) in [6, 6.07) is 2.16. The molecule has 0 amide bonds. The van der Waals surface area contributed by atoms with Gasteiger partial charge in [-0.1, -0.05) is 0 Å². The number of sulfone groups is 1. The van der Waals surface area contributed by atoms with Crippen LogP contribution in [0.2, 0.25) is 0 Å². The molecule has 1 N–H and O–H groups in total. The van der Waals surface area contributed by atoms with Gasteiger partial charge in [0.25, 0.3) is 0 Å². The number of nitrogens with one attached hydrogen (secondary N) is 1. The van der Waals surface area contributed by atoms with Crippen molar-refractivity contribution in [2.45, 2.75) is 32.4 Å². The second-order valence-electron chi connectivity index (χ2n) is 4.40. The molecule has 1 saturated heterocycles. The highest BCUT2D eigenvalue weighted by Gasteiger charge is 2.22. The minimum atomic E-state index is -2.77. The topological polar surface area (TPSA) is 72.0 Å². The lowest BCUT2D eigenvalue weighted by Crippen LogP contribution is -2.37. The second kappa shape index (κ2) is 5.10. The van der Waals surface area contributed by atoms with Crippen LogP contribution in [-0.2, 0) is 16.4 Å². The highest BCUT2D eigenvalue weighted by molar-refractivity contribution is 7.91. The minimum Gasteiger partial charge on any atom is -0.308 e. The summed E-state index contributed by atoms with van der Waals surface area (Å²) in [4.78, 5) is 8.33. The van der Waals surface area contributed by atoms with E-state index < -0.39 is 9.84 Å². The largest absolute Gasteiger partial charge is 0.308 e. The van der Waals surface area contributed by atoms with Crippen molar-refractivity contribution < 1.29 is 8.42 Å². The van der Waals surface area contributed by atoms with Gasteiger partial charge in [-0.2, -0.15) is 0 Å². The van der Waals surface area contributed by atoms with Crippen LogP contribution in [0.3, 0.4) is 0 Å². The first kappa shape index (κ1) is 12.4. The maximum absolute atomic E-state index is 11.3. The number of nitrogens with zero attached hydrogens (tertiary/aromatic N) is 2. The van der Waals surface area contributed by atoms with Crippen LogP contribution in [0.4, 0.5) is 0 Å². The fourth-order valence-electron chi connectivity index (χ4n) is 1.95. The standard InChI is InChI=1S/C11H17N3O2S/c1-9-12-5-2-11(14-9)8-13-10-3-6-17(15,16)7-4-10/h2,5,10,13H,3-4,6-8H2,1H3. The summed E-state index contributed by atoms with van der Waals surface area (Å²) in [6.45, 7) is 2.53. The van der Waals surface area contributed by atoms with Crippen molar-refractivity contribution in [3.05, 3.63) is 23.8 Å². The third-order valence-electron chi connectivity index (χ3n) is 2.96. The maximum Gasteiger partial charge on any atom is 0.150 e. The van der Waals surface area contributed by atoms with Gasteiger partial charge in [-0.3, -0.25) is 0 Å². The Morgan fingerprint density at radius 1 is 1.41 bits per heavy atom. The van der Waals surface area contributed by atoms with Crippen LogP contribution in [0.15, 0.2) is 12.3 Å². The van der Waals surface area contributed by atoms with Gasteiger partial charge in [0.2, 0.25) is 0 Å². The van der Waals surface area contributed by atoms with Gasteiger partial charge in [-0.15, -0.1) is 0 Å². The Balaban J connectivity index is 1.84. The first-order valence-corrected chi connectivity index (χ1v) is 7.60. The summed E-state index contributed by atoms with van der Waals surface area (Å²) in [5, 5.41) is 3.35. The van der Waals surface area contributed by atoms with E-state index >= 15 is 0 Å². The van der Waals surface area contributed by atoms with E-state index in [9.17, 15) is 8.42 Å². The zero-order valence-electron chi connectivity index (χ0n) is 9.89. The van der Waals surface area contributed by atoms with Crippen molar-refractivity contribution >= 4 is 9.84 Å². The lowest BCUT2D eigenvalue weighted by Gasteiger charge is -2.22. The van der Waals surface area contributed by atoms with E-state index in [1.54, 1.807) is 6.20 Å². The molecule has 1 fully saturated rings. The molecule has 17 heavy (non-hydrogen) atoms. The molecular weight excluding hydrogens is 238 g/mol. The monoisotopic (exact) mass is 255 g/mol. The van der Waals surface area contributed by atoms with E-state index in [0.29, 0.717) is 30.9 Å². The van der Waals surface area contributed by atoms with Gasteiger partial charge < -0.3 is 5.32 Å². The highest BCUT2D eigenvalue weighted by atomic mass is 32.2. The van der Waals surface area contributed by atoms with Gasteiger partial charge in [0.05, 0.1) is 17.2 Å². The Kier molecular flexibility index (Phi) is 3.73. The fourth-order valence-corrected chi connectivity index (χ4v) is 3.44. The van der Waals surface area contributed by atoms with Crippen molar-refractivity contribution in [1.29, 1.82) is 0 Å². The average Bonchev–Trinajstić information content (AvgIpc) is 2.28. The van der Waals surface area contributed by atoms with Crippen LogP contribution >= 0.6 is 0 Å². The molecular formula is C11H17N3O2S. The molecule has 0 spiro atoms. The van der Waals surface area contributed by atoms with Crippen molar-refractivity contribution in [2.24, 2.45) is 0 Å². The molecule has 2 rings (SSSR count). The number of aryl methyl sites for hydroxylation is 1. The molecule has 1 aromatic heterocycles. The Bertz CT molecular complexity index is 473. The third-order valence-corrected chi connectivity index (χ3v) is 4.68. The molecule has 0 aromatic carbocycles. The van der Waals surface area contributed by atoms with Crippen LogP contribution in [0, 0.1) is 6.92 Å². The first-order chi connectivity index (χ1) is 8.05. The Morgan fingerprint density at radius 2 is 2.12 bits per heavy atom. The van der Waals surface area contributed by atoms with Gasteiger partial charge in [0.15, 0.2) is 0 Å². The zero-order chi connectivity index (χ0) is 12.3. The smallest absolute Gasteiger partial charge is 0.150 e. The predicted molar refractivity (Wildman–Crippen MR) is 65.3 cm³/mol.